The molecule has 5 nitrogen and oxygen atoms in total. The molecule has 1 aliphatic heterocycles. The molecule has 0 unspecified atom stereocenters. The number of anilines is 1. The number of aryl methyl sites for hydroxylation is 2. The van der Waals surface area contributed by atoms with Gasteiger partial charge in [-0.05, 0) is 63.9 Å². The van der Waals surface area contributed by atoms with Crippen molar-refractivity contribution < 1.29 is 4.79 Å². The Kier molecular flexibility index (Phi) is 6.03. The van der Waals surface area contributed by atoms with Gasteiger partial charge in [-0.15, -0.1) is 0 Å². The number of hydrazone groups is 1. The summed E-state index contributed by atoms with van der Waals surface area (Å²) in [6, 6.07) is 15.8. The first kappa shape index (κ1) is 20.6. The molecule has 0 saturated carbocycles. The van der Waals surface area contributed by atoms with Crippen LogP contribution >= 0.6 is 0 Å². The van der Waals surface area contributed by atoms with Crippen LogP contribution in [0, 0.1) is 25.2 Å². The Morgan fingerprint density at radius 3 is 2.45 bits per heavy atom. The second kappa shape index (κ2) is 8.48. The Hall–Kier alpha value is -3.13. The summed E-state index contributed by atoms with van der Waals surface area (Å²) in [7, 11) is 0. The normalized spacial score (nSPS) is 15.0. The maximum atomic E-state index is 12.8. The van der Waals surface area contributed by atoms with Gasteiger partial charge in [0.15, 0.2) is 0 Å². The highest BCUT2D eigenvalue weighted by Gasteiger charge is 2.38. The van der Waals surface area contributed by atoms with E-state index in [0.717, 1.165) is 29.8 Å². The van der Waals surface area contributed by atoms with E-state index in [1.807, 2.05) is 12.1 Å². The minimum atomic E-state index is -0.315. The van der Waals surface area contributed by atoms with Crippen molar-refractivity contribution in [3.05, 3.63) is 64.7 Å². The van der Waals surface area contributed by atoms with Crippen LogP contribution in [0.25, 0.3) is 0 Å². The van der Waals surface area contributed by atoms with E-state index < -0.39 is 0 Å². The van der Waals surface area contributed by atoms with Crippen LogP contribution in [0.3, 0.4) is 0 Å². The van der Waals surface area contributed by atoms with Crippen molar-refractivity contribution in [2.75, 3.05) is 11.9 Å². The number of carbonyl (C=O) groups excluding carboxylic acids is 1. The zero-order valence-electron chi connectivity index (χ0n) is 17.6. The molecule has 1 aliphatic rings. The van der Waals surface area contributed by atoms with E-state index in [9.17, 15) is 4.79 Å². The molecule has 5 heteroatoms. The molecule has 29 heavy (non-hydrogen) atoms. The molecule has 1 N–H and O–H groups in total. The highest BCUT2D eigenvalue weighted by atomic mass is 16.2. The predicted molar refractivity (Wildman–Crippen MR) is 117 cm³/mol. The SMILES string of the molecule is Cc1cc(C)cc(C2=NN(C(=O)CCCNc3ccc(C#N)cc3)C(C)(C)C2)c1. The summed E-state index contributed by atoms with van der Waals surface area (Å²) in [5.41, 5.74) is 5.77. The summed E-state index contributed by atoms with van der Waals surface area (Å²) >= 11 is 0. The Morgan fingerprint density at radius 1 is 1.17 bits per heavy atom. The fourth-order valence-electron chi connectivity index (χ4n) is 3.71. The van der Waals surface area contributed by atoms with Gasteiger partial charge >= 0.3 is 0 Å². The first-order chi connectivity index (χ1) is 13.8. The van der Waals surface area contributed by atoms with Crippen LogP contribution in [-0.4, -0.2) is 28.7 Å². The summed E-state index contributed by atoms with van der Waals surface area (Å²) in [4.78, 5) is 12.8. The minimum Gasteiger partial charge on any atom is -0.385 e. The maximum absolute atomic E-state index is 12.8. The van der Waals surface area contributed by atoms with Crippen molar-refractivity contribution in [1.82, 2.24) is 5.01 Å². The standard InChI is InChI=1S/C24H28N4O/c1-17-12-18(2)14-20(13-17)22-15-24(3,4)28(27-22)23(29)6-5-11-26-21-9-7-19(16-25)8-10-21/h7-10,12-14,26H,5-6,11,15H2,1-4H3. The van der Waals surface area contributed by atoms with E-state index in [1.165, 1.54) is 11.1 Å². The summed E-state index contributed by atoms with van der Waals surface area (Å²) in [5, 5.41) is 18.5. The molecule has 1 heterocycles. The van der Waals surface area contributed by atoms with Gasteiger partial charge in [-0.3, -0.25) is 4.79 Å². The van der Waals surface area contributed by atoms with Crippen LogP contribution in [0.5, 0.6) is 0 Å². The molecule has 0 fully saturated rings. The number of hydrogen-bond donors (Lipinski definition) is 1. The highest BCUT2D eigenvalue weighted by Crippen LogP contribution is 2.30. The molecule has 2 aromatic rings. The van der Waals surface area contributed by atoms with Crippen LogP contribution in [-0.2, 0) is 4.79 Å². The summed E-state index contributed by atoms with van der Waals surface area (Å²) < 4.78 is 0. The van der Waals surface area contributed by atoms with E-state index >= 15 is 0 Å². The lowest BCUT2D eigenvalue weighted by molar-refractivity contribution is -0.135. The van der Waals surface area contributed by atoms with E-state index in [0.29, 0.717) is 18.5 Å². The lowest BCUT2D eigenvalue weighted by atomic mass is 9.93. The van der Waals surface area contributed by atoms with Crippen molar-refractivity contribution in [2.24, 2.45) is 5.10 Å². The first-order valence-corrected chi connectivity index (χ1v) is 10.0. The highest BCUT2D eigenvalue weighted by molar-refractivity contribution is 6.03. The Bertz CT molecular complexity index is 947. The summed E-state index contributed by atoms with van der Waals surface area (Å²) in [6.07, 6.45) is 1.92. The molecule has 3 rings (SSSR count). The number of benzene rings is 2. The van der Waals surface area contributed by atoms with Gasteiger partial charge in [0, 0.05) is 25.1 Å². The maximum Gasteiger partial charge on any atom is 0.243 e. The lowest BCUT2D eigenvalue weighted by Gasteiger charge is -2.28. The van der Waals surface area contributed by atoms with Gasteiger partial charge in [-0.2, -0.15) is 10.4 Å². The largest absolute Gasteiger partial charge is 0.385 e. The third kappa shape index (κ3) is 5.03. The predicted octanol–water partition coefficient (Wildman–Crippen LogP) is 4.78. The molecule has 1 amide bonds. The Balaban J connectivity index is 1.58. The van der Waals surface area contributed by atoms with Gasteiger partial charge < -0.3 is 5.32 Å². The van der Waals surface area contributed by atoms with Crippen LogP contribution in [0.4, 0.5) is 5.69 Å². The van der Waals surface area contributed by atoms with Crippen molar-refractivity contribution in [1.29, 1.82) is 5.26 Å². The second-order valence-corrected chi connectivity index (χ2v) is 8.34. The molecular weight excluding hydrogens is 360 g/mol. The molecule has 0 aliphatic carbocycles. The average Bonchev–Trinajstić information content (AvgIpc) is 3.00. The summed E-state index contributed by atoms with van der Waals surface area (Å²) in [5.74, 6) is 0.0519. The van der Waals surface area contributed by atoms with Crippen LogP contribution in [0.2, 0.25) is 0 Å². The fourth-order valence-corrected chi connectivity index (χ4v) is 3.71. The molecule has 0 spiro atoms. The number of nitrogens with one attached hydrogen (secondary N) is 1. The van der Waals surface area contributed by atoms with Crippen LogP contribution in [0.15, 0.2) is 47.6 Å². The minimum absolute atomic E-state index is 0.0519. The van der Waals surface area contributed by atoms with E-state index in [-0.39, 0.29) is 11.4 Å². The van der Waals surface area contributed by atoms with Crippen molar-refractivity contribution in [2.45, 2.75) is 52.5 Å². The Morgan fingerprint density at radius 2 is 1.83 bits per heavy atom. The number of nitriles is 1. The molecule has 0 atom stereocenters. The van der Waals surface area contributed by atoms with Gasteiger partial charge in [-0.1, -0.05) is 29.3 Å². The van der Waals surface area contributed by atoms with Crippen molar-refractivity contribution in [3.63, 3.8) is 0 Å². The zero-order chi connectivity index (χ0) is 21.0. The van der Waals surface area contributed by atoms with Crippen molar-refractivity contribution >= 4 is 17.3 Å². The van der Waals surface area contributed by atoms with Gasteiger partial charge in [0.05, 0.1) is 22.9 Å². The molecule has 0 radical (unpaired) electrons. The average molecular weight is 389 g/mol. The number of hydrogen-bond acceptors (Lipinski definition) is 4. The summed E-state index contributed by atoms with van der Waals surface area (Å²) in [6.45, 7) is 9.00. The van der Waals surface area contributed by atoms with Crippen LogP contribution < -0.4 is 5.32 Å². The quantitative estimate of drug-likeness (QED) is 0.724. The monoisotopic (exact) mass is 388 g/mol. The molecule has 0 aromatic heterocycles. The van der Waals surface area contributed by atoms with Gasteiger partial charge in [0.25, 0.3) is 0 Å². The third-order valence-corrected chi connectivity index (χ3v) is 5.10. The molecule has 0 saturated heterocycles. The topological polar surface area (TPSA) is 68.5 Å². The first-order valence-electron chi connectivity index (χ1n) is 10.0. The fraction of sp³-hybridized carbons (Fsp3) is 0.375. The number of carbonyl (C=O) groups is 1. The van der Waals surface area contributed by atoms with Crippen LogP contribution in [0.1, 0.15) is 55.4 Å². The molecule has 2 aromatic carbocycles. The lowest BCUT2D eigenvalue weighted by Crippen LogP contribution is -2.40. The number of amides is 1. The van der Waals surface area contributed by atoms with E-state index in [4.69, 9.17) is 10.4 Å². The molecular formula is C24H28N4O. The number of rotatable bonds is 6. The van der Waals surface area contributed by atoms with Crippen molar-refractivity contribution in [3.8, 4) is 6.07 Å². The third-order valence-electron chi connectivity index (χ3n) is 5.10. The van der Waals surface area contributed by atoms with Gasteiger partial charge in [0.2, 0.25) is 5.91 Å². The van der Waals surface area contributed by atoms with Gasteiger partial charge in [-0.25, -0.2) is 5.01 Å². The molecule has 0 bridgehead atoms. The molecule has 150 valence electrons. The van der Waals surface area contributed by atoms with Gasteiger partial charge in [0.1, 0.15) is 0 Å². The smallest absolute Gasteiger partial charge is 0.243 e. The number of nitrogens with zero attached hydrogens (tertiary/aromatic N) is 3. The van der Waals surface area contributed by atoms with E-state index in [2.05, 4.69) is 57.3 Å². The Labute approximate surface area is 173 Å². The van der Waals surface area contributed by atoms with E-state index in [1.54, 1.807) is 17.1 Å². The zero-order valence-corrected chi connectivity index (χ0v) is 17.6. The second-order valence-electron chi connectivity index (χ2n) is 8.34.